The van der Waals surface area contributed by atoms with Gasteiger partial charge >= 0.3 is 0 Å². The second kappa shape index (κ2) is 9.48. The molecule has 1 saturated carbocycles. The van der Waals surface area contributed by atoms with Gasteiger partial charge in [0, 0.05) is 30.6 Å². The minimum atomic E-state index is 0.247. The molecule has 10 heteroatoms. The van der Waals surface area contributed by atoms with Crippen molar-refractivity contribution in [1.29, 1.82) is 0 Å². The second-order valence-electron chi connectivity index (χ2n) is 9.39. The number of piperidine rings is 1. The van der Waals surface area contributed by atoms with Crippen LogP contribution in [0.5, 0.6) is 0 Å². The number of nitrogens with zero attached hydrogens (tertiary/aromatic N) is 5. The summed E-state index contributed by atoms with van der Waals surface area (Å²) in [6.45, 7) is 2.40. The van der Waals surface area contributed by atoms with Crippen molar-refractivity contribution in [3.63, 3.8) is 0 Å². The summed E-state index contributed by atoms with van der Waals surface area (Å²) in [6, 6.07) is 0.658. The van der Waals surface area contributed by atoms with Gasteiger partial charge in [0.15, 0.2) is 6.29 Å². The molecule has 2 aliphatic rings. The summed E-state index contributed by atoms with van der Waals surface area (Å²) in [5.41, 5.74) is 1.99. The summed E-state index contributed by atoms with van der Waals surface area (Å²) in [5, 5.41) is 21.5. The lowest BCUT2D eigenvalue weighted by Gasteiger charge is -2.29. The quantitative estimate of drug-likeness (QED) is 0.404. The second-order valence-corrected chi connectivity index (χ2v) is 9.39. The summed E-state index contributed by atoms with van der Waals surface area (Å²) in [5.74, 6) is 1.49. The zero-order chi connectivity index (χ0) is 22.8. The molecule has 3 aromatic heterocycles. The first-order valence-corrected chi connectivity index (χ1v) is 11.8. The number of aldehydes is 1. The topological polar surface area (TPSA) is 124 Å². The maximum absolute atomic E-state index is 11.6. The van der Waals surface area contributed by atoms with E-state index in [1.807, 2.05) is 10.9 Å². The molecular formula is C23H32N8O2. The first-order valence-electron chi connectivity index (χ1n) is 11.8. The van der Waals surface area contributed by atoms with Gasteiger partial charge in [-0.15, -0.1) is 0 Å². The Bertz CT molecular complexity index is 1090. The third-order valence-corrected chi connectivity index (χ3v) is 7.05. The molecule has 33 heavy (non-hydrogen) atoms. The molecule has 1 saturated heterocycles. The van der Waals surface area contributed by atoms with Gasteiger partial charge in [-0.05, 0) is 64.6 Å². The van der Waals surface area contributed by atoms with Crippen molar-refractivity contribution in [2.24, 2.45) is 5.92 Å². The van der Waals surface area contributed by atoms with Crippen molar-refractivity contribution in [2.75, 3.05) is 37.4 Å². The van der Waals surface area contributed by atoms with E-state index in [2.05, 4.69) is 37.6 Å². The molecule has 4 N–H and O–H groups in total. The Morgan fingerprint density at radius 2 is 1.97 bits per heavy atom. The number of rotatable bonds is 7. The highest BCUT2D eigenvalue weighted by Crippen LogP contribution is 2.31. The molecule has 0 aromatic carbocycles. The number of fused-ring (bicyclic) bond motifs is 1. The van der Waals surface area contributed by atoms with Gasteiger partial charge < -0.3 is 25.6 Å². The molecule has 0 radical (unpaired) electrons. The van der Waals surface area contributed by atoms with Crippen molar-refractivity contribution in [1.82, 2.24) is 29.6 Å². The summed E-state index contributed by atoms with van der Waals surface area (Å²) in [6.07, 6.45) is 12.4. The largest absolute Gasteiger partial charge is 0.396 e. The highest BCUT2D eigenvalue weighted by atomic mass is 16.3. The van der Waals surface area contributed by atoms with Gasteiger partial charge in [-0.2, -0.15) is 15.1 Å². The average Bonchev–Trinajstić information content (AvgIpc) is 3.47. The number of hydrogen-bond donors (Lipinski definition) is 4. The number of nitrogens with one attached hydrogen (secondary N) is 3. The summed E-state index contributed by atoms with van der Waals surface area (Å²) < 4.78 is 2.03. The van der Waals surface area contributed by atoms with Crippen molar-refractivity contribution in [2.45, 2.75) is 50.6 Å². The van der Waals surface area contributed by atoms with E-state index in [1.54, 1.807) is 12.4 Å². The molecule has 1 aliphatic heterocycles. The van der Waals surface area contributed by atoms with Gasteiger partial charge in [0.1, 0.15) is 11.5 Å². The van der Waals surface area contributed by atoms with Crippen LogP contribution >= 0.6 is 0 Å². The van der Waals surface area contributed by atoms with E-state index in [0.29, 0.717) is 40.3 Å². The first kappa shape index (κ1) is 21.8. The number of aliphatic hydroxyl groups excluding tert-OH is 1. The number of aromatic nitrogens is 5. The van der Waals surface area contributed by atoms with Crippen LogP contribution < -0.4 is 10.6 Å². The molecule has 3 aromatic rings. The van der Waals surface area contributed by atoms with Crippen molar-refractivity contribution in [3.05, 3.63) is 24.2 Å². The summed E-state index contributed by atoms with van der Waals surface area (Å²) in [7, 11) is 2.15. The molecule has 0 unspecified atom stereocenters. The fourth-order valence-electron chi connectivity index (χ4n) is 4.98. The van der Waals surface area contributed by atoms with Crippen LogP contribution in [-0.2, 0) is 0 Å². The highest BCUT2D eigenvalue weighted by molar-refractivity contribution is 6.02. The molecule has 5 rings (SSSR count). The lowest BCUT2D eigenvalue weighted by molar-refractivity contribution is 0.112. The minimum Gasteiger partial charge on any atom is -0.396 e. The Morgan fingerprint density at radius 1 is 1.18 bits per heavy atom. The van der Waals surface area contributed by atoms with Gasteiger partial charge in [-0.25, -0.2) is 0 Å². The Labute approximate surface area is 192 Å². The molecule has 0 spiro atoms. The monoisotopic (exact) mass is 452 g/mol. The van der Waals surface area contributed by atoms with E-state index in [0.717, 1.165) is 63.6 Å². The standard InChI is InChI=1S/C23H32N8O2/c1-30-8-6-19(7-9-30)31-12-18(11-25-31)27-23-28-21-20(16(14-33)10-24-21)22(29-23)26-17-4-2-15(13-32)3-5-17/h10-12,14-15,17,19,32H,2-9,13H2,1H3,(H3,24,26,27,28,29). The van der Waals surface area contributed by atoms with Crippen molar-refractivity contribution >= 4 is 34.8 Å². The average molecular weight is 453 g/mol. The van der Waals surface area contributed by atoms with E-state index < -0.39 is 0 Å². The van der Waals surface area contributed by atoms with E-state index in [1.165, 1.54) is 0 Å². The predicted octanol–water partition coefficient (Wildman–Crippen LogP) is 2.94. The van der Waals surface area contributed by atoms with Gasteiger partial charge in [0.25, 0.3) is 0 Å². The van der Waals surface area contributed by atoms with Crippen LogP contribution in [0.1, 0.15) is 54.9 Å². The van der Waals surface area contributed by atoms with E-state index in [9.17, 15) is 9.90 Å². The third kappa shape index (κ3) is 4.72. The zero-order valence-corrected chi connectivity index (χ0v) is 19.0. The van der Waals surface area contributed by atoms with Gasteiger partial charge in [0.2, 0.25) is 5.95 Å². The number of carbonyl (C=O) groups excluding carboxylic acids is 1. The Kier molecular flexibility index (Phi) is 6.28. The van der Waals surface area contributed by atoms with Crippen LogP contribution in [0.3, 0.4) is 0 Å². The summed E-state index contributed by atoms with van der Waals surface area (Å²) in [4.78, 5) is 26.4. The lowest BCUT2D eigenvalue weighted by atomic mass is 9.86. The Hall–Kier alpha value is -2.98. The number of carbonyl (C=O) groups is 1. The van der Waals surface area contributed by atoms with Crippen LogP contribution in [0.25, 0.3) is 11.0 Å². The molecule has 1 aliphatic carbocycles. The number of H-pyrrole nitrogens is 1. The van der Waals surface area contributed by atoms with Crippen LogP contribution in [0.15, 0.2) is 18.6 Å². The van der Waals surface area contributed by atoms with Crippen LogP contribution in [0, 0.1) is 5.92 Å². The molecule has 4 heterocycles. The zero-order valence-electron chi connectivity index (χ0n) is 19.0. The van der Waals surface area contributed by atoms with E-state index in [-0.39, 0.29) is 12.6 Å². The summed E-state index contributed by atoms with van der Waals surface area (Å²) >= 11 is 0. The normalized spacial score (nSPS) is 22.5. The number of likely N-dealkylation sites (tertiary alicyclic amines) is 1. The van der Waals surface area contributed by atoms with Gasteiger partial charge in [-0.1, -0.05) is 0 Å². The van der Waals surface area contributed by atoms with Crippen molar-refractivity contribution < 1.29 is 9.90 Å². The number of hydrogen-bond acceptors (Lipinski definition) is 8. The molecule has 0 amide bonds. The van der Waals surface area contributed by atoms with Crippen molar-refractivity contribution in [3.8, 4) is 0 Å². The fourth-order valence-corrected chi connectivity index (χ4v) is 4.98. The molecule has 10 nitrogen and oxygen atoms in total. The maximum Gasteiger partial charge on any atom is 0.231 e. The fraction of sp³-hybridized carbons (Fsp3) is 0.565. The Balaban J connectivity index is 1.36. The van der Waals surface area contributed by atoms with Crippen LogP contribution in [-0.4, -0.2) is 73.8 Å². The first-order chi connectivity index (χ1) is 16.1. The molecule has 0 bridgehead atoms. The number of aromatic amines is 1. The smallest absolute Gasteiger partial charge is 0.231 e. The van der Waals surface area contributed by atoms with E-state index in [4.69, 9.17) is 4.98 Å². The Morgan fingerprint density at radius 3 is 2.70 bits per heavy atom. The number of anilines is 3. The molecule has 176 valence electrons. The SMILES string of the molecule is CN1CCC(n2cc(Nc3nc(NC4CCC(CO)CC4)c4c(C=O)c[nH]c4n3)cn2)CC1. The molecule has 0 atom stereocenters. The number of aliphatic hydroxyl groups is 1. The molecule has 2 fully saturated rings. The third-order valence-electron chi connectivity index (χ3n) is 7.05. The maximum atomic E-state index is 11.6. The minimum absolute atomic E-state index is 0.247. The van der Waals surface area contributed by atoms with E-state index >= 15 is 0 Å². The lowest BCUT2D eigenvalue weighted by Crippen LogP contribution is -2.31. The van der Waals surface area contributed by atoms with Crippen LogP contribution in [0.2, 0.25) is 0 Å². The van der Waals surface area contributed by atoms with Crippen LogP contribution in [0.4, 0.5) is 17.5 Å². The predicted molar refractivity (Wildman–Crippen MR) is 127 cm³/mol. The van der Waals surface area contributed by atoms with Gasteiger partial charge in [-0.3, -0.25) is 9.48 Å². The van der Waals surface area contributed by atoms with Gasteiger partial charge in [0.05, 0.1) is 23.3 Å². The molecular weight excluding hydrogens is 420 g/mol. The highest BCUT2D eigenvalue weighted by Gasteiger charge is 2.23.